The van der Waals surface area contributed by atoms with Crippen molar-refractivity contribution in [2.24, 2.45) is 4.99 Å². The summed E-state index contributed by atoms with van der Waals surface area (Å²) in [7, 11) is 1.83. The number of hydrogen-bond donors (Lipinski definition) is 2. The van der Waals surface area contributed by atoms with Gasteiger partial charge in [-0.05, 0) is 56.9 Å². The van der Waals surface area contributed by atoms with Crippen molar-refractivity contribution < 1.29 is 0 Å². The Bertz CT molecular complexity index is 450. The number of guanidine groups is 1. The minimum Gasteiger partial charge on any atom is -0.356 e. The van der Waals surface area contributed by atoms with Crippen molar-refractivity contribution in [1.29, 1.82) is 0 Å². The van der Waals surface area contributed by atoms with E-state index in [-0.39, 0.29) is 0 Å². The van der Waals surface area contributed by atoms with E-state index in [2.05, 4.69) is 51.7 Å². The molecule has 1 heterocycles. The Morgan fingerprint density at radius 1 is 1.19 bits per heavy atom. The lowest BCUT2D eigenvalue weighted by atomic mass is 10.1. The van der Waals surface area contributed by atoms with Crippen molar-refractivity contribution in [3.63, 3.8) is 0 Å². The third kappa shape index (κ3) is 5.38. The monoisotopic (exact) mass is 288 g/mol. The Kier molecular flexibility index (Phi) is 6.54. The number of hydrogen-bond acceptors (Lipinski definition) is 2. The molecule has 4 heteroatoms. The quantitative estimate of drug-likeness (QED) is 0.479. The van der Waals surface area contributed by atoms with E-state index in [1.165, 1.54) is 50.0 Å². The van der Waals surface area contributed by atoms with Gasteiger partial charge in [0.15, 0.2) is 5.96 Å². The van der Waals surface area contributed by atoms with Gasteiger partial charge in [-0.1, -0.05) is 24.3 Å². The minimum absolute atomic E-state index is 0.818. The Morgan fingerprint density at radius 3 is 2.67 bits per heavy atom. The summed E-state index contributed by atoms with van der Waals surface area (Å²) in [5, 5.41) is 6.78. The number of rotatable bonds is 6. The molecule has 1 aliphatic rings. The fraction of sp³-hybridized carbons (Fsp3) is 0.588. The molecule has 1 aromatic rings. The van der Waals surface area contributed by atoms with Crippen LogP contribution in [0.4, 0.5) is 0 Å². The van der Waals surface area contributed by atoms with Gasteiger partial charge >= 0.3 is 0 Å². The lowest BCUT2D eigenvalue weighted by molar-refractivity contribution is 0.334. The van der Waals surface area contributed by atoms with Crippen LogP contribution in [0.25, 0.3) is 0 Å². The predicted octanol–water partition coefficient (Wildman–Crippen LogP) is 2.15. The summed E-state index contributed by atoms with van der Waals surface area (Å²) in [4.78, 5) is 6.83. The molecule has 0 atom stereocenters. The highest BCUT2D eigenvalue weighted by atomic mass is 15.2. The van der Waals surface area contributed by atoms with Gasteiger partial charge in [0, 0.05) is 20.1 Å². The van der Waals surface area contributed by atoms with E-state index in [4.69, 9.17) is 0 Å². The van der Waals surface area contributed by atoms with Gasteiger partial charge in [0.25, 0.3) is 0 Å². The Balaban J connectivity index is 1.65. The van der Waals surface area contributed by atoms with Crippen LogP contribution < -0.4 is 10.6 Å². The van der Waals surface area contributed by atoms with Crippen molar-refractivity contribution in [2.75, 3.05) is 33.2 Å². The zero-order valence-corrected chi connectivity index (χ0v) is 13.4. The number of nitrogens with zero attached hydrogens (tertiary/aromatic N) is 2. The third-order valence-corrected chi connectivity index (χ3v) is 4.07. The highest BCUT2D eigenvalue weighted by Gasteiger charge is 2.10. The summed E-state index contributed by atoms with van der Waals surface area (Å²) in [5.74, 6) is 0.889. The molecule has 0 spiro atoms. The summed E-state index contributed by atoms with van der Waals surface area (Å²) >= 11 is 0. The first-order valence-electron chi connectivity index (χ1n) is 8.01. The second-order valence-corrected chi connectivity index (χ2v) is 5.68. The third-order valence-electron chi connectivity index (χ3n) is 4.07. The summed E-state index contributed by atoms with van der Waals surface area (Å²) in [6, 6.07) is 8.45. The standard InChI is InChI=1S/C17H28N4/c1-15-8-3-4-9-16(15)14-20-17(18-2)19-10-7-13-21-11-5-6-12-21/h3-4,8-9H,5-7,10-14H2,1-2H3,(H2,18,19,20). The van der Waals surface area contributed by atoms with Gasteiger partial charge in [-0.2, -0.15) is 0 Å². The molecule has 0 amide bonds. The van der Waals surface area contributed by atoms with Gasteiger partial charge < -0.3 is 15.5 Å². The van der Waals surface area contributed by atoms with Crippen molar-refractivity contribution in [1.82, 2.24) is 15.5 Å². The number of aryl methyl sites for hydroxylation is 1. The SMILES string of the molecule is CN=C(NCCCN1CCCC1)NCc1ccccc1C. The second-order valence-electron chi connectivity index (χ2n) is 5.68. The molecule has 0 aromatic heterocycles. The molecular formula is C17H28N4. The molecule has 1 saturated heterocycles. The van der Waals surface area contributed by atoms with Crippen LogP contribution in [0.5, 0.6) is 0 Å². The number of likely N-dealkylation sites (tertiary alicyclic amines) is 1. The van der Waals surface area contributed by atoms with Crippen LogP contribution in [-0.4, -0.2) is 44.1 Å². The van der Waals surface area contributed by atoms with E-state index < -0.39 is 0 Å². The molecule has 2 rings (SSSR count). The average Bonchev–Trinajstić information content (AvgIpc) is 3.01. The molecule has 0 unspecified atom stereocenters. The van der Waals surface area contributed by atoms with Gasteiger partial charge in [0.2, 0.25) is 0 Å². The largest absolute Gasteiger partial charge is 0.356 e. The van der Waals surface area contributed by atoms with Crippen LogP contribution in [0, 0.1) is 6.92 Å². The van der Waals surface area contributed by atoms with Gasteiger partial charge in [-0.3, -0.25) is 4.99 Å². The molecule has 0 saturated carbocycles. The van der Waals surface area contributed by atoms with Crippen LogP contribution in [0.1, 0.15) is 30.4 Å². The normalized spacial score (nSPS) is 16.2. The first kappa shape index (κ1) is 15.8. The highest BCUT2D eigenvalue weighted by Crippen LogP contribution is 2.07. The van der Waals surface area contributed by atoms with E-state index in [9.17, 15) is 0 Å². The maximum Gasteiger partial charge on any atom is 0.191 e. The molecule has 0 bridgehead atoms. The van der Waals surface area contributed by atoms with E-state index >= 15 is 0 Å². The lowest BCUT2D eigenvalue weighted by Crippen LogP contribution is -2.38. The molecular weight excluding hydrogens is 260 g/mol. The van der Waals surface area contributed by atoms with Crippen molar-refractivity contribution >= 4 is 5.96 Å². The van der Waals surface area contributed by atoms with E-state index in [0.717, 1.165) is 19.0 Å². The summed E-state index contributed by atoms with van der Waals surface area (Å²) < 4.78 is 0. The van der Waals surface area contributed by atoms with E-state index in [1.54, 1.807) is 0 Å². The molecule has 21 heavy (non-hydrogen) atoms. The first-order valence-corrected chi connectivity index (χ1v) is 8.01. The Hall–Kier alpha value is -1.55. The van der Waals surface area contributed by atoms with E-state index in [0.29, 0.717) is 0 Å². The molecule has 116 valence electrons. The fourth-order valence-corrected chi connectivity index (χ4v) is 2.72. The van der Waals surface area contributed by atoms with Gasteiger partial charge in [0.1, 0.15) is 0 Å². The van der Waals surface area contributed by atoms with Gasteiger partial charge in [-0.15, -0.1) is 0 Å². The average molecular weight is 288 g/mol. The highest BCUT2D eigenvalue weighted by molar-refractivity contribution is 5.79. The maximum absolute atomic E-state index is 4.28. The van der Waals surface area contributed by atoms with Gasteiger partial charge in [0.05, 0.1) is 0 Å². The number of benzene rings is 1. The zero-order valence-electron chi connectivity index (χ0n) is 13.4. The number of nitrogens with one attached hydrogen (secondary N) is 2. The molecule has 4 nitrogen and oxygen atoms in total. The molecule has 2 N–H and O–H groups in total. The van der Waals surface area contributed by atoms with Crippen LogP contribution >= 0.6 is 0 Å². The molecule has 1 aromatic carbocycles. The summed E-state index contributed by atoms with van der Waals surface area (Å²) in [6.07, 6.45) is 3.91. The number of aliphatic imine (C=N–C) groups is 1. The van der Waals surface area contributed by atoms with Gasteiger partial charge in [-0.25, -0.2) is 0 Å². The van der Waals surface area contributed by atoms with Crippen molar-refractivity contribution in [2.45, 2.75) is 32.7 Å². The summed E-state index contributed by atoms with van der Waals surface area (Å²) in [6.45, 7) is 7.69. The molecule has 0 radical (unpaired) electrons. The minimum atomic E-state index is 0.818. The van der Waals surface area contributed by atoms with Crippen LogP contribution in [-0.2, 0) is 6.54 Å². The Labute approximate surface area is 128 Å². The second kappa shape index (κ2) is 8.67. The van der Waals surface area contributed by atoms with Crippen LogP contribution in [0.3, 0.4) is 0 Å². The van der Waals surface area contributed by atoms with E-state index in [1.807, 2.05) is 7.05 Å². The lowest BCUT2D eigenvalue weighted by Gasteiger charge is -2.16. The zero-order chi connectivity index (χ0) is 14.9. The Morgan fingerprint density at radius 2 is 1.95 bits per heavy atom. The van der Waals surface area contributed by atoms with Crippen LogP contribution in [0.2, 0.25) is 0 Å². The topological polar surface area (TPSA) is 39.7 Å². The predicted molar refractivity (Wildman–Crippen MR) is 89.7 cm³/mol. The smallest absolute Gasteiger partial charge is 0.191 e. The first-order chi connectivity index (χ1) is 10.3. The maximum atomic E-state index is 4.28. The molecule has 0 aliphatic carbocycles. The molecule has 1 fully saturated rings. The van der Waals surface area contributed by atoms with Crippen molar-refractivity contribution in [3.8, 4) is 0 Å². The molecule has 1 aliphatic heterocycles. The van der Waals surface area contributed by atoms with Crippen LogP contribution in [0.15, 0.2) is 29.3 Å². The summed E-state index contributed by atoms with van der Waals surface area (Å²) in [5.41, 5.74) is 2.63. The van der Waals surface area contributed by atoms with Crippen molar-refractivity contribution in [3.05, 3.63) is 35.4 Å². The fourth-order valence-electron chi connectivity index (χ4n) is 2.72.